The standard InChI is InChI=1S/C11H21NO3/c1-14-10-6-3-5-9(10)12-8-4-7-11(13)15-2/h9-10,12H,3-8H2,1-2H3. The molecule has 4 heteroatoms. The van der Waals surface area contributed by atoms with Crippen molar-refractivity contribution in [2.45, 2.75) is 44.2 Å². The third-order valence-electron chi connectivity index (χ3n) is 2.95. The zero-order chi connectivity index (χ0) is 11.1. The first kappa shape index (κ1) is 12.5. The molecule has 88 valence electrons. The van der Waals surface area contributed by atoms with Crippen LogP contribution in [0.5, 0.6) is 0 Å². The Balaban J connectivity index is 2.06. The highest BCUT2D eigenvalue weighted by atomic mass is 16.5. The largest absolute Gasteiger partial charge is 0.469 e. The van der Waals surface area contributed by atoms with Crippen LogP contribution in [0.3, 0.4) is 0 Å². The van der Waals surface area contributed by atoms with E-state index in [0.717, 1.165) is 19.4 Å². The third-order valence-corrected chi connectivity index (χ3v) is 2.95. The van der Waals surface area contributed by atoms with Crippen LogP contribution in [0.4, 0.5) is 0 Å². The Labute approximate surface area is 91.3 Å². The lowest BCUT2D eigenvalue weighted by Gasteiger charge is -2.19. The molecule has 0 heterocycles. The van der Waals surface area contributed by atoms with Gasteiger partial charge in [-0.25, -0.2) is 0 Å². The lowest BCUT2D eigenvalue weighted by molar-refractivity contribution is -0.140. The summed E-state index contributed by atoms with van der Waals surface area (Å²) in [5.41, 5.74) is 0. The lowest BCUT2D eigenvalue weighted by atomic mass is 10.2. The predicted molar refractivity (Wildman–Crippen MR) is 57.7 cm³/mol. The molecule has 2 unspecified atom stereocenters. The van der Waals surface area contributed by atoms with Gasteiger partial charge in [0.25, 0.3) is 0 Å². The van der Waals surface area contributed by atoms with Crippen LogP contribution in [-0.4, -0.2) is 38.9 Å². The summed E-state index contributed by atoms with van der Waals surface area (Å²) < 4.78 is 9.94. The van der Waals surface area contributed by atoms with Gasteiger partial charge in [-0.1, -0.05) is 0 Å². The van der Waals surface area contributed by atoms with Crippen molar-refractivity contribution in [3.63, 3.8) is 0 Å². The first-order valence-electron chi connectivity index (χ1n) is 5.61. The predicted octanol–water partition coefficient (Wildman–Crippen LogP) is 1.10. The average molecular weight is 215 g/mol. The van der Waals surface area contributed by atoms with Crippen molar-refractivity contribution in [3.05, 3.63) is 0 Å². The Bertz CT molecular complexity index is 196. The number of methoxy groups -OCH3 is 2. The number of hydrogen-bond acceptors (Lipinski definition) is 4. The summed E-state index contributed by atoms with van der Waals surface area (Å²) in [4.78, 5) is 10.9. The second-order valence-electron chi connectivity index (χ2n) is 3.95. The van der Waals surface area contributed by atoms with Gasteiger partial charge in [-0.15, -0.1) is 0 Å². The van der Waals surface area contributed by atoms with E-state index in [1.54, 1.807) is 7.11 Å². The number of ether oxygens (including phenoxy) is 2. The monoisotopic (exact) mass is 215 g/mol. The van der Waals surface area contributed by atoms with Crippen molar-refractivity contribution in [1.82, 2.24) is 5.32 Å². The molecule has 1 aliphatic rings. The zero-order valence-corrected chi connectivity index (χ0v) is 9.62. The van der Waals surface area contributed by atoms with Gasteiger partial charge in [0.1, 0.15) is 0 Å². The number of rotatable bonds is 6. The summed E-state index contributed by atoms with van der Waals surface area (Å²) in [6, 6.07) is 0.465. The summed E-state index contributed by atoms with van der Waals surface area (Å²) in [5, 5.41) is 3.43. The fourth-order valence-electron chi connectivity index (χ4n) is 2.06. The second-order valence-corrected chi connectivity index (χ2v) is 3.95. The van der Waals surface area contributed by atoms with E-state index >= 15 is 0 Å². The number of hydrogen-bond donors (Lipinski definition) is 1. The Morgan fingerprint density at radius 3 is 2.87 bits per heavy atom. The molecule has 1 saturated carbocycles. The van der Waals surface area contributed by atoms with Gasteiger partial charge in [-0.05, 0) is 32.2 Å². The van der Waals surface area contributed by atoms with E-state index in [2.05, 4.69) is 10.1 Å². The van der Waals surface area contributed by atoms with Crippen molar-refractivity contribution in [2.24, 2.45) is 0 Å². The Kier molecular flexibility index (Phi) is 5.65. The molecule has 0 aromatic rings. The fourth-order valence-corrected chi connectivity index (χ4v) is 2.06. The molecule has 15 heavy (non-hydrogen) atoms. The van der Waals surface area contributed by atoms with E-state index in [0.29, 0.717) is 18.6 Å². The maximum absolute atomic E-state index is 10.9. The van der Waals surface area contributed by atoms with Gasteiger partial charge >= 0.3 is 5.97 Å². The number of nitrogens with one attached hydrogen (secondary N) is 1. The molecule has 0 amide bonds. The first-order valence-corrected chi connectivity index (χ1v) is 5.61. The van der Waals surface area contributed by atoms with Crippen LogP contribution in [0, 0.1) is 0 Å². The van der Waals surface area contributed by atoms with Crippen molar-refractivity contribution >= 4 is 5.97 Å². The van der Waals surface area contributed by atoms with Crippen LogP contribution >= 0.6 is 0 Å². The van der Waals surface area contributed by atoms with Crippen molar-refractivity contribution in [1.29, 1.82) is 0 Å². The minimum absolute atomic E-state index is 0.133. The third kappa shape index (κ3) is 4.18. The zero-order valence-electron chi connectivity index (χ0n) is 9.62. The molecule has 1 N–H and O–H groups in total. The lowest BCUT2D eigenvalue weighted by Crippen LogP contribution is -2.37. The molecule has 0 radical (unpaired) electrons. The smallest absolute Gasteiger partial charge is 0.305 e. The minimum atomic E-state index is -0.133. The maximum atomic E-state index is 10.9. The van der Waals surface area contributed by atoms with Gasteiger partial charge in [0, 0.05) is 19.6 Å². The molecule has 4 nitrogen and oxygen atoms in total. The second kappa shape index (κ2) is 6.80. The van der Waals surface area contributed by atoms with Crippen LogP contribution < -0.4 is 5.32 Å². The minimum Gasteiger partial charge on any atom is -0.469 e. The van der Waals surface area contributed by atoms with Crippen LogP contribution in [-0.2, 0) is 14.3 Å². The van der Waals surface area contributed by atoms with Crippen molar-refractivity contribution < 1.29 is 14.3 Å². The SMILES string of the molecule is COC(=O)CCCNC1CCCC1OC. The molecule has 1 fully saturated rings. The van der Waals surface area contributed by atoms with Gasteiger partial charge in [-0.2, -0.15) is 0 Å². The number of esters is 1. The molecule has 0 aromatic heterocycles. The highest BCUT2D eigenvalue weighted by Gasteiger charge is 2.26. The highest BCUT2D eigenvalue weighted by Crippen LogP contribution is 2.21. The molecule has 0 aromatic carbocycles. The van der Waals surface area contributed by atoms with Crippen LogP contribution in [0.25, 0.3) is 0 Å². The average Bonchev–Trinajstić information content (AvgIpc) is 2.71. The quantitative estimate of drug-likeness (QED) is 0.532. The van der Waals surface area contributed by atoms with Crippen LogP contribution in [0.15, 0.2) is 0 Å². The van der Waals surface area contributed by atoms with E-state index in [1.807, 2.05) is 0 Å². The molecule has 0 spiro atoms. The fraction of sp³-hybridized carbons (Fsp3) is 0.909. The molecule has 1 rings (SSSR count). The summed E-state index contributed by atoms with van der Waals surface area (Å²) in [6.45, 7) is 0.861. The molecular formula is C11H21NO3. The Morgan fingerprint density at radius 2 is 2.20 bits per heavy atom. The Hall–Kier alpha value is -0.610. The summed E-state index contributed by atoms with van der Waals surface area (Å²) in [6.07, 6.45) is 5.23. The normalized spacial score (nSPS) is 25.5. The van der Waals surface area contributed by atoms with E-state index in [9.17, 15) is 4.79 Å². The molecular weight excluding hydrogens is 194 g/mol. The Morgan fingerprint density at radius 1 is 1.40 bits per heavy atom. The molecule has 0 bridgehead atoms. The number of carbonyl (C=O) groups is 1. The topological polar surface area (TPSA) is 47.6 Å². The van der Waals surface area contributed by atoms with Gasteiger partial charge < -0.3 is 14.8 Å². The van der Waals surface area contributed by atoms with Gasteiger partial charge in [0.2, 0.25) is 0 Å². The molecule has 2 atom stereocenters. The number of carbonyl (C=O) groups excluding carboxylic acids is 1. The molecule has 1 aliphatic carbocycles. The van der Waals surface area contributed by atoms with E-state index in [4.69, 9.17) is 4.74 Å². The summed E-state index contributed by atoms with van der Waals surface area (Å²) in [5.74, 6) is -0.133. The van der Waals surface area contributed by atoms with Crippen LogP contribution in [0.2, 0.25) is 0 Å². The summed E-state index contributed by atoms with van der Waals surface area (Å²) in [7, 11) is 3.19. The van der Waals surface area contributed by atoms with Gasteiger partial charge in [0.15, 0.2) is 0 Å². The van der Waals surface area contributed by atoms with E-state index < -0.39 is 0 Å². The molecule has 0 saturated heterocycles. The van der Waals surface area contributed by atoms with Crippen LogP contribution in [0.1, 0.15) is 32.1 Å². The molecule has 0 aliphatic heterocycles. The van der Waals surface area contributed by atoms with Gasteiger partial charge in [0.05, 0.1) is 13.2 Å². The highest BCUT2D eigenvalue weighted by molar-refractivity contribution is 5.69. The van der Waals surface area contributed by atoms with Crippen molar-refractivity contribution in [3.8, 4) is 0 Å². The first-order chi connectivity index (χ1) is 7.27. The van der Waals surface area contributed by atoms with Crippen molar-refractivity contribution in [2.75, 3.05) is 20.8 Å². The maximum Gasteiger partial charge on any atom is 0.305 e. The van der Waals surface area contributed by atoms with Gasteiger partial charge in [-0.3, -0.25) is 4.79 Å². The van der Waals surface area contributed by atoms with E-state index in [1.165, 1.54) is 20.0 Å². The summed E-state index contributed by atoms with van der Waals surface area (Å²) >= 11 is 0. The van der Waals surface area contributed by atoms with E-state index in [-0.39, 0.29) is 5.97 Å².